The number of H-pyrrole nitrogens is 1. The zero-order valence-corrected chi connectivity index (χ0v) is 12.5. The second-order valence-electron chi connectivity index (χ2n) is 4.87. The largest absolute Gasteiger partial charge is 0.337 e. The van der Waals surface area contributed by atoms with Crippen LogP contribution in [0, 0.1) is 3.95 Å². The van der Waals surface area contributed by atoms with Crippen molar-refractivity contribution >= 4 is 45.7 Å². The van der Waals surface area contributed by atoms with Gasteiger partial charge in [0.05, 0.1) is 15.0 Å². The number of aromatic amines is 1. The first kappa shape index (κ1) is 12.7. The lowest BCUT2D eigenvalue weighted by atomic mass is 9.82. The molecule has 2 aromatic rings. The van der Waals surface area contributed by atoms with E-state index in [2.05, 4.69) is 23.2 Å². The molecule has 18 heavy (non-hydrogen) atoms. The van der Waals surface area contributed by atoms with Gasteiger partial charge in [0, 0.05) is 0 Å². The van der Waals surface area contributed by atoms with Crippen molar-refractivity contribution in [3.8, 4) is 0 Å². The average molecular weight is 296 g/mol. The van der Waals surface area contributed by atoms with Crippen LogP contribution in [0.3, 0.4) is 0 Å². The molecule has 5 heteroatoms. The van der Waals surface area contributed by atoms with Crippen LogP contribution in [0.5, 0.6) is 0 Å². The zero-order chi connectivity index (χ0) is 12.6. The van der Waals surface area contributed by atoms with Crippen molar-refractivity contribution in [3.05, 3.63) is 27.7 Å². The predicted octanol–water partition coefficient (Wildman–Crippen LogP) is 4.73. The van der Waals surface area contributed by atoms with E-state index >= 15 is 0 Å². The fourth-order valence-corrected chi connectivity index (χ4v) is 4.88. The van der Waals surface area contributed by atoms with Crippen molar-refractivity contribution in [3.63, 3.8) is 0 Å². The van der Waals surface area contributed by atoms with Gasteiger partial charge in [-0.3, -0.25) is 5.14 Å². The maximum atomic E-state index is 6.05. The lowest BCUT2D eigenvalue weighted by molar-refractivity contribution is 0.409. The summed E-state index contributed by atoms with van der Waals surface area (Å²) < 4.78 is 2.18. The smallest absolute Gasteiger partial charge is 0.159 e. The lowest BCUT2D eigenvalue weighted by Gasteiger charge is -2.35. The summed E-state index contributed by atoms with van der Waals surface area (Å²) in [4.78, 5) is 3.35. The predicted molar refractivity (Wildman–Crippen MR) is 83.6 cm³/mol. The quantitative estimate of drug-likeness (QED) is 0.622. The van der Waals surface area contributed by atoms with Crippen LogP contribution in [0.4, 0.5) is 0 Å². The summed E-state index contributed by atoms with van der Waals surface area (Å²) >= 11 is 8.44. The second kappa shape index (κ2) is 4.96. The van der Waals surface area contributed by atoms with Gasteiger partial charge >= 0.3 is 0 Å². The standard InChI is InChI=1S/C13H16N2S3/c14-18-13(7-2-1-3-8-13)9-5-4-6-10-11(9)15-12(16)17-10/h4-6H,1-3,7-8,14H2,(H,15,16). The summed E-state index contributed by atoms with van der Waals surface area (Å²) in [7, 11) is 0. The Bertz CT molecular complexity index is 608. The van der Waals surface area contributed by atoms with E-state index in [-0.39, 0.29) is 4.75 Å². The second-order valence-corrected chi connectivity index (χ2v) is 7.60. The van der Waals surface area contributed by atoms with E-state index in [0.29, 0.717) is 0 Å². The molecule has 1 fully saturated rings. The SMILES string of the molecule is NSC1(c2cccc3sc(=S)[nH]c23)CCCCC1. The van der Waals surface area contributed by atoms with E-state index < -0.39 is 0 Å². The van der Waals surface area contributed by atoms with Gasteiger partial charge in [-0.1, -0.05) is 43.3 Å². The molecule has 2 nitrogen and oxygen atoms in total. The number of hydrogen-bond donors (Lipinski definition) is 2. The molecule has 1 heterocycles. The zero-order valence-electron chi connectivity index (χ0n) is 10.1. The normalized spacial score (nSPS) is 19.2. The average Bonchev–Trinajstić information content (AvgIpc) is 2.79. The Morgan fingerprint density at radius 3 is 2.78 bits per heavy atom. The van der Waals surface area contributed by atoms with Crippen LogP contribution < -0.4 is 5.14 Å². The number of hydrogen-bond acceptors (Lipinski definition) is 4. The highest BCUT2D eigenvalue weighted by Crippen LogP contribution is 2.48. The highest BCUT2D eigenvalue weighted by molar-refractivity contribution is 7.98. The van der Waals surface area contributed by atoms with E-state index in [9.17, 15) is 0 Å². The molecule has 1 aromatic heterocycles. The highest BCUT2D eigenvalue weighted by atomic mass is 32.2. The van der Waals surface area contributed by atoms with E-state index in [1.165, 1.54) is 59.8 Å². The van der Waals surface area contributed by atoms with Crippen LogP contribution in [0.25, 0.3) is 10.2 Å². The monoisotopic (exact) mass is 296 g/mol. The number of fused-ring (bicyclic) bond motifs is 1. The summed E-state index contributed by atoms with van der Waals surface area (Å²) in [5, 5.41) is 6.05. The van der Waals surface area contributed by atoms with Gasteiger partial charge in [0.1, 0.15) is 0 Å². The van der Waals surface area contributed by atoms with Crippen LogP contribution in [-0.4, -0.2) is 4.98 Å². The van der Waals surface area contributed by atoms with Crippen LogP contribution in [0.2, 0.25) is 0 Å². The molecule has 0 radical (unpaired) electrons. The fourth-order valence-electron chi connectivity index (χ4n) is 2.93. The lowest BCUT2D eigenvalue weighted by Crippen LogP contribution is -2.27. The molecule has 1 aromatic carbocycles. The molecule has 0 aliphatic heterocycles. The molecule has 0 atom stereocenters. The molecule has 0 unspecified atom stereocenters. The third-order valence-electron chi connectivity index (χ3n) is 3.83. The number of nitrogens with one attached hydrogen (secondary N) is 1. The summed E-state index contributed by atoms with van der Waals surface area (Å²) in [5.41, 5.74) is 2.55. The Morgan fingerprint density at radius 1 is 1.28 bits per heavy atom. The van der Waals surface area contributed by atoms with E-state index in [0.717, 1.165) is 3.95 Å². The first-order chi connectivity index (χ1) is 8.75. The van der Waals surface area contributed by atoms with E-state index in [4.69, 9.17) is 17.4 Å². The minimum atomic E-state index is 0.0805. The van der Waals surface area contributed by atoms with Crippen LogP contribution in [0.1, 0.15) is 37.7 Å². The minimum Gasteiger partial charge on any atom is -0.337 e. The third-order valence-corrected chi connectivity index (χ3v) is 6.11. The maximum absolute atomic E-state index is 6.05. The molecule has 0 spiro atoms. The van der Waals surface area contributed by atoms with Crippen molar-refractivity contribution in [2.75, 3.05) is 0 Å². The molecule has 1 aliphatic carbocycles. The summed E-state index contributed by atoms with van der Waals surface area (Å²) in [6.45, 7) is 0. The summed E-state index contributed by atoms with van der Waals surface area (Å²) in [6.07, 6.45) is 6.21. The van der Waals surface area contributed by atoms with Gasteiger partial charge in [-0.2, -0.15) is 0 Å². The van der Waals surface area contributed by atoms with Crippen molar-refractivity contribution in [1.29, 1.82) is 0 Å². The van der Waals surface area contributed by atoms with Gasteiger partial charge in [-0.15, -0.1) is 11.3 Å². The Balaban J connectivity index is 2.19. The van der Waals surface area contributed by atoms with Crippen LogP contribution in [0.15, 0.2) is 18.2 Å². The van der Waals surface area contributed by atoms with Crippen LogP contribution >= 0.6 is 35.5 Å². The topological polar surface area (TPSA) is 41.8 Å². The Morgan fingerprint density at radius 2 is 2.06 bits per heavy atom. The molecule has 0 amide bonds. The van der Waals surface area contributed by atoms with Crippen molar-refractivity contribution in [1.82, 2.24) is 4.98 Å². The number of aromatic nitrogens is 1. The van der Waals surface area contributed by atoms with Crippen molar-refractivity contribution in [2.45, 2.75) is 36.9 Å². The number of nitrogens with two attached hydrogens (primary N) is 1. The molecule has 96 valence electrons. The van der Waals surface area contributed by atoms with Gasteiger partial charge in [-0.25, -0.2) is 0 Å². The summed E-state index contributed by atoms with van der Waals surface area (Å²) in [5.74, 6) is 0. The molecule has 3 N–H and O–H groups in total. The molecule has 1 aliphatic rings. The molecule has 0 saturated heterocycles. The molecule has 0 bridgehead atoms. The molecule has 3 rings (SSSR count). The van der Waals surface area contributed by atoms with Gasteiger partial charge in [0.25, 0.3) is 0 Å². The van der Waals surface area contributed by atoms with Crippen LogP contribution in [-0.2, 0) is 4.75 Å². The Labute approximate surface area is 120 Å². The maximum Gasteiger partial charge on any atom is 0.159 e. The van der Waals surface area contributed by atoms with Gasteiger partial charge < -0.3 is 4.98 Å². The first-order valence-corrected chi connectivity index (χ1v) is 8.36. The summed E-state index contributed by atoms with van der Waals surface area (Å²) in [6, 6.07) is 6.47. The Kier molecular flexibility index (Phi) is 3.49. The van der Waals surface area contributed by atoms with Crippen molar-refractivity contribution < 1.29 is 0 Å². The van der Waals surface area contributed by atoms with Gasteiger partial charge in [0.2, 0.25) is 0 Å². The molecular formula is C13H16N2S3. The van der Waals surface area contributed by atoms with E-state index in [1.54, 1.807) is 11.3 Å². The molecule has 1 saturated carbocycles. The highest BCUT2D eigenvalue weighted by Gasteiger charge is 2.35. The minimum absolute atomic E-state index is 0.0805. The number of thiazole rings is 1. The fraction of sp³-hybridized carbons (Fsp3) is 0.462. The number of rotatable bonds is 2. The van der Waals surface area contributed by atoms with E-state index in [1.807, 2.05) is 0 Å². The third kappa shape index (κ3) is 2.03. The van der Waals surface area contributed by atoms with Gasteiger partial charge in [-0.05, 0) is 36.7 Å². The Hall–Kier alpha value is -0.360. The number of para-hydroxylation sites is 1. The first-order valence-electron chi connectivity index (χ1n) is 6.25. The van der Waals surface area contributed by atoms with Gasteiger partial charge in [0.15, 0.2) is 3.95 Å². The number of benzene rings is 1. The molecular weight excluding hydrogens is 280 g/mol. The van der Waals surface area contributed by atoms with Crippen molar-refractivity contribution in [2.24, 2.45) is 5.14 Å².